The first-order valence-electron chi connectivity index (χ1n) is 5.43. The maximum Gasteiger partial charge on any atom is 0.180 e. The van der Waals surface area contributed by atoms with Gasteiger partial charge in [0.15, 0.2) is 6.39 Å². The molecule has 1 saturated carbocycles. The lowest BCUT2D eigenvalue weighted by atomic mass is 10.0. The third-order valence-electron chi connectivity index (χ3n) is 3.02. The minimum atomic E-state index is 0.620. The van der Waals surface area contributed by atoms with Crippen molar-refractivity contribution in [3.63, 3.8) is 0 Å². The summed E-state index contributed by atoms with van der Waals surface area (Å²) in [7, 11) is 0. The van der Waals surface area contributed by atoms with Gasteiger partial charge in [-0.25, -0.2) is 4.98 Å². The first kappa shape index (κ1) is 9.71. The van der Waals surface area contributed by atoms with Crippen LogP contribution in [0.5, 0.6) is 0 Å². The van der Waals surface area contributed by atoms with Gasteiger partial charge < -0.3 is 9.73 Å². The molecule has 0 aliphatic heterocycles. The van der Waals surface area contributed by atoms with Crippen LogP contribution in [0.2, 0.25) is 0 Å². The molecule has 0 radical (unpaired) electrons. The molecule has 0 saturated heterocycles. The maximum atomic E-state index is 5.15. The first-order valence-corrected chi connectivity index (χ1v) is 5.43. The van der Waals surface area contributed by atoms with E-state index in [1.165, 1.54) is 32.1 Å². The molecule has 78 valence electrons. The van der Waals surface area contributed by atoms with E-state index in [9.17, 15) is 0 Å². The summed E-state index contributed by atoms with van der Waals surface area (Å²) in [6.07, 6.45) is 8.69. The Hall–Kier alpha value is -0.830. The van der Waals surface area contributed by atoms with Crippen molar-refractivity contribution in [2.75, 3.05) is 6.54 Å². The second kappa shape index (κ2) is 4.13. The van der Waals surface area contributed by atoms with E-state index in [0.717, 1.165) is 18.8 Å². The quantitative estimate of drug-likeness (QED) is 0.755. The molecule has 1 aromatic heterocycles. The molecule has 2 rings (SSSR count). The van der Waals surface area contributed by atoms with Crippen LogP contribution in [0.1, 0.15) is 38.4 Å². The Kier molecular flexibility index (Phi) is 2.87. The fourth-order valence-electron chi connectivity index (χ4n) is 2.00. The lowest BCUT2D eigenvalue weighted by Gasteiger charge is -2.13. The van der Waals surface area contributed by atoms with E-state index in [1.54, 1.807) is 6.20 Å². The van der Waals surface area contributed by atoms with Crippen molar-refractivity contribution >= 4 is 0 Å². The van der Waals surface area contributed by atoms with Gasteiger partial charge in [-0.15, -0.1) is 0 Å². The van der Waals surface area contributed by atoms with Crippen molar-refractivity contribution in [2.24, 2.45) is 5.41 Å². The number of hydrogen-bond donors (Lipinski definition) is 1. The summed E-state index contributed by atoms with van der Waals surface area (Å²) >= 11 is 0. The van der Waals surface area contributed by atoms with Gasteiger partial charge in [0, 0.05) is 6.54 Å². The highest BCUT2D eigenvalue weighted by molar-refractivity contribution is 4.95. The van der Waals surface area contributed by atoms with E-state index < -0.39 is 0 Å². The molecule has 0 spiro atoms. The summed E-state index contributed by atoms with van der Waals surface area (Å²) in [5.74, 6) is 0.928. The van der Waals surface area contributed by atoms with Crippen LogP contribution in [0, 0.1) is 5.41 Å². The second-order valence-corrected chi connectivity index (χ2v) is 4.32. The molecule has 1 N–H and O–H groups in total. The largest absolute Gasteiger partial charge is 0.447 e. The standard InChI is InChI=1S/C11H18N2O/c1-2-3-11(4-5-11)8-12-6-10-7-13-9-14-10/h7,9,12H,2-6,8H2,1H3. The van der Waals surface area contributed by atoms with E-state index >= 15 is 0 Å². The number of rotatable bonds is 6. The van der Waals surface area contributed by atoms with Gasteiger partial charge in [0.2, 0.25) is 0 Å². The SMILES string of the molecule is CCCC1(CNCc2cnco2)CC1. The van der Waals surface area contributed by atoms with E-state index in [-0.39, 0.29) is 0 Å². The summed E-state index contributed by atoms with van der Waals surface area (Å²) < 4.78 is 5.15. The Morgan fingerprint density at radius 1 is 1.57 bits per heavy atom. The third kappa shape index (κ3) is 2.35. The van der Waals surface area contributed by atoms with Crippen LogP contribution in [-0.4, -0.2) is 11.5 Å². The zero-order valence-electron chi connectivity index (χ0n) is 8.75. The Bertz CT molecular complexity index is 265. The summed E-state index contributed by atoms with van der Waals surface area (Å²) in [5.41, 5.74) is 0.620. The number of aromatic nitrogens is 1. The molecular formula is C11H18N2O. The summed E-state index contributed by atoms with van der Waals surface area (Å²) in [6.45, 7) is 4.20. The van der Waals surface area contributed by atoms with Gasteiger partial charge in [-0.2, -0.15) is 0 Å². The number of oxazole rings is 1. The third-order valence-corrected chi connectivity index (χ3v) is 3.02. The monoisotopic (exact) mass is 194 g/mol. The predicted octanol–water partition coefficient (Wildman–Crippen LogP) is 2.34. The van der Waals surface area contributed by atoms with Crippen LogP contribution >= 0.6 is 0 Å². The molecule has 1 heterocycles. The molecule has 0 aromatic carbocycles. The second-order valence-electron chi connectivity index (χ2n) is 4.32. The zero-order valence-corrected chi connectivity index (χ0v) is 8.75. The van der Waals surface area contributed by atoms with Crippen molar-refractivity contribution in [1.29, 1.82) is 0 Å². The van der Waals surface area contributed by atoms with Crippen LogP contribution in [0.3, 0.4) is 0 Å². The van der Waals surface area contributed by atoms with Gasteiger partial charge in [-0.05, 0) is 24.7 Å². The van der Waals surface area contributed by atoms with Gasteiger partial charge in [0.1, 0.15) is 5.76 Å². The van der Waals surface area contributed by atoms with Gasteiger partial charge in [0.05, 0.1) is 12.7 Å². The van der Waals surface area contributed by atoms with E-state index in [0.29, 0.717) is 5.41 Å². The van der Waals surface area contributed by atoms with Crippen molar-refractivity contribution < 1.29 is 4.42 Å². The molecule has 1 aromatic rings. The number of hydrogen-bond acceptors (Lipinski definition) is 3. The molecule has 0 unspecified atom stereocenters. The van der Waals surface area contributed by atoms with Crippen LogP contribution in [0.4, 0.5) is 0 Å². The van der Waals surface area contributed by atoms with Gasteiger partial charge in [0.25, 0.3) is 0 Å². The lowest BCUT2D eigenvalue weighted by molar-refractivity contribution is 0.401. The fourth-order valence-corrected chi connectivity index (χ4v) is 2.00. The highest BCUT2D eigenvalue weighted by Gasteiger charge is 2.40. The van der Waals surface area contributed by atoms with Crippen molar-refractivity contribution in [3.8, 4) is 0 Å². The minimum absolute atomic E-state index is 0.620. The van der Waals surface area contributed by atoms with Crippen molar-refractivity contribution in [3.05, 3.63) is 18.4 Å². The normalized spacial score (nSPS) is 18.4. The molecule has 1 fully saturated rings. The molecule has 0 amide bonds. The van der Waals surface area contributed by atoms with Crippen molar-refractivity contribution in [2.45, 2.75) is 39.2 Å². The average molecular weight is 194 g/mol. The average Bonchev–Trinajstić information content (AvgIpc) is 2.75. The topological polar surface area (TPSA) is 38.1 Å². The van der Waals surface area contributed by atoms with E-state index in [1.807, 2.05) is 0 Å². The predicted molar refractivity (Wildman–Crippen MR) is 54.8 cm³/mol. The van der Waals surface area contributed by atoms with Crippen molar-refractivity contribution in [1.82, 2.24) is 10.3 Å². The Morgan fingerprint density at radius 3 is 3.00 bits per heavy atom. The van der Waals surface area contributed by atoms with Gasteiger partial charge in [-0.3, -0.25) is 0 Å². The van der Waals surface area contributed by atoms with Gasteiger partial charge in [-0.1, -0.05) is 13.3 Å². The summed E-state index contributed by atoms with van der Waals surface area (Å²) in [4.78, 5) is 3.88. The molecule has 0 atom stereocenters. The molecule has 1 aliphatic rings. The van der Waals surface area contributed by atoms with E-state index in [2.05, 4.69) is 17.2 Å². The van der Waals surface area contributed by atoms with Crippen LogP contribution in [0.15, 0.2) is 17.0 Å². The Balaban J connectivity index is 1.68. The minimum Gasteiger partial charge on any atom is -0.447 e. The Morgan fingerprint density at radius 2 is 2.43 bits per heavy atom. The zero-order chi connectivity index (χ0) is 9.86. The van der Waals surface area contributed by atoms with Crippen LogP contribution in [-0.2, 0) is 6.54 Å². The summed E-state index contributed by atoms with van der Waals surface area (Å²) in [6, 6.07) is 0. The smallest absolute Gasteiger partial charge is 0.180 e. The first-order chi connectivity index (χ1) is 6.85. The highest BCUT2D eigenvalue weighted by Crippen LogP contribution is 2.48. The molecule has 0 bridgehead atoms. The molecule has 3 heteroatoms. The fraction of sp³-hybridized carbons (Fsp3) is 0.727. The molecule has 1 aliphatic carbocycles. The molecule has 14 heavy (non-hydrogen) atoms. The summed E-state index contributed by atoms with van der Waals surface area (Å²) in [5, 5.41) is 3.44. The Labute approximate surface area is 84.9 Å². The lowest BCUT2D eigenvalue weighted by Crippen LogP contribution is -2.23. The van der Waals surface area contributed by atoms with E-state index in [4.69, 9.17) is 4.42 Å². The molecule has 3 nitrogen and oxygen atoms in total. The van der Waals surface area contributed by atoms with Gasteiger partial charge >= 0.3 is 0 Å². The number of nitrogens with one attached hydrogen (secondary N) is 1. The highest BCUT2D eigenvalue weighted by atomic mass is 16.3. The van der Waals surface area contributed by atoms with Crippen LogP contribution < -0.4 is 5.32 Å². The maximum absolute atomic E-state index is 5.15. The molecular weight excluding hydrogens is 176 g/mol. The van der Waals surface area contributed by atoms with Crippen LogP contribution in [0.25, 0.3) is 0 Å². The number of nitrogens with zero attached hydrogens (tertiary/aromatic N) is 1.